The second-order valence-corrected chi connectivity index (χ2v) is 7.02. The van der Waals surface area contributed by atoms with Crippen molar-refractivity contribution in [2.45, 2.75) is 24.5 Å². The topological polar surface area (TPSA) is 29.1 Å². The zero-order valence-corrected chi connectivity index (χ0v) is 13.4. The summed E-state index contributed by atoms with van der Waals surface area (Å²) in [6, 6.07) is 12.0. The van der Waals surface area contributed by atoms with Crippen LogP contribution in [0.5, 0.6) is 0 Å². The van der Waals surface area contributed by atoms with Gasteiger partial charge in [-0.05, 0) is 29.5 Å². The van der Waals surface area contributed by atoms with E-state index < -0.39 is 0 Å². The highest BCUT2D eigenvalue weighted by molar-refractivity contribution is 7.98. The van der Waals surface area contributed by atoms with Gasteiger partial charge in [-0.3, -0.25) is 4.79 Å². The zero-order chi connectivity index (χ0) is 14.4. The average molecular weight is 305 g/mol. The maximum absolute atomic E-state index is 12.2. The summed E-state index contributed by atoms with van der Waals surface area (Å²) in [5.41, 5.74) is 0.773. The number of carbonyl (C=O) groups excluding carboxylic acids is 1. The molecule has 0 aliphatic heterocycles. The van der Waals surface area contributed by atoms with Gasteiger partial charge in [0, 0.05) is 22.1 Å². The minimum absolute atomic E-state index is 0.0213. The minimum atomic E-state index is 0.0213. The SMILES string of the molecule is CC(C)CNC(=O)c1ccccc1SCc1cccs1. The number of nitrogens with one attached hydrogen (secondary N) is 1. The molecule has 0 radical (unpaired) electrons. The fraction of sp³-hybridized carbons (Fsp3) is 0.312. The molecule has 1 aromatic heterocycles. The normalized spacial score (nSPS) is 10.8. The summed E-state index contributed by atoms with van der Waals surface area (Å²) in [7, 11) is 0. The van der Waals surface area contributed by atoms with E-state index in [2.05, 4.69) is 36.7 Å². The van der Waals surface area contributed by atoms with Crippen LogP contribution >= 0.6 is 23.1 Å². The quantitative estimate of drug-likeness (QED) is 0.800. The van der Waals surface area contributed by atoms with E-state index >= 15 is 0 Å². The molecule has 0 aliphatic carbocycles. The van der Waals surface area contributed by atoms with Crippen LogP contribution in [-0.4, -0.2) is 12.5 Å². The van der Waals surface area contributed by atoms with Crippen molar-refractivity contribution in [3.63, 3.8) is 0 Å². The first kappa shape index (κ1) is 15.1. The maximum Gasteiger partial charge on any atom is 0.252 e. The highest BCUT2D eigenvalue weighted by atomic mass is 32.2. The fourth-order valence-electron chi connectivity index (χ4n) is 1.72. The molecule has 0 saturated heterocycles. The molecular formula is C16H19NOS2. The third-order valence-electron chi connectivity index (χ3n) is 2.75. The predicted molar refractivity (Wildman–Crippen MR) is 87.5 cm³/mol. The molecule has 0 bridgehead atoms. The Balaban J connectivity index is 2.03. The average Bonchev–Trinajstić information content (AvgIpc) is 2.96. The summed E-state index contributed by atoms with van der Waals surface area (Å²) in [6.07, 6.45) is 0. The van der Waals surface area contributed by atoms with Crippen molar-refractivity contribution >= 4 is 29.0 Å². The summed E-state index contributed by atoms with van der Waals surface area (Å²) < 4.78 is 0. The van der Waals surface area contributed by atoms with Crippen LogP contribution in [0.15, 0.2) is 46.7 Å². The van der Waals surface area contributed by atoms with Crippen LogP contribution in [0.1, 0.15) is 29.1 Å². The third kappa shape index (κ3) is 4.39. The van der Waals surface area contributed by atoms with E-state index in [1.165, 1.54) is 4.88 Å². The molecule has 0 atom stereocenters. The first-order valence-corrected chi connectivity index (χ1v) is 8.55. The van der Waals surface area contributed by atoms with Gasteiger partial charge in [-0.1, -0.05) is 32.0 Å². The van der Waals surface area contributed by atoms with Crippen molar-refractivity contribution in [1.29, 1.82) is 0 Å². The molecule has 0 aliphatic rings. The third-order valence-corrected chi connectivity index (χ3v) is 4.93. The summed E-state index contributed by atoms with van der Waals surface area (Å²) in [6.45, 7) is 4.90. The van der Waals surface area contributed by atoms with Gasteiger partial charge in [-0.15, -0.1) is 23.1 Å². The van der Waals surface area contributed by atoms with Gasteiger partial charge in [0.25, 0.3) is 5.91 Å². The fourth-order valence-corrected chi connectivity index (χ4v) is 3.54. The number of carbonyl (C=O) groups is 1. The molecule has 0 unspecified atom stereocenters. The molecule has 20 heavy (non-hydrogen) atoms. The number of thiophene rings is 1. The van der Waals surface area contributed by atoms with Gasteiger partial charge < -0.3 is 5.32 Å². The van der Waals surface area contributed by atoms with Crippen LogP contribution in [0.4, 0.5) is 0 Å². The van der Waals surface area contributed by atoms with Crippen molar-refractivity contribution in [1.82, 2.24) is 5.32 Å². The van der Waals surface area contributed by atoms with Gasteiger partial charge in [0.05, 0.1) is 5.56 Å². The van der Waals surface area contributed by atoms with E-state index in [1.54, 1.807) is 23.1 Å². The largest absolute Gasteiger partial charge is 0.352 e. The Morgan fingerprint density at radius 2 is 2.05 bits per heavy atom. The van der Waals surface area contributed by atoms with Crippen molar-refractivity contribution < 1.29 is 4.79 Å². The van der Waals surface area contributed by atoms with E-state index in [0.29, 0.717) is 12.5 Å². The molecule has 1 amide bonds. The van der Waals surface area contributed by atoms with Crippen LogP contribution in [0, 0.1) is 5.92 Å². The molecule has 0 fully saturated rings. The highest BCUT2D eigenvalue weighted by Gasteiger charge is 2.11. The Bertz CT molecular complexity index is 549. The Morgan fingerprint density at radius 1 is 1.25 bits per heavy atom. The Hall–Kier alpha value is -1.26. The summed E-state index contributed by atoms with van der Waals surface area (Å²) in [4.78, 5) is 14.6. The lowest BCUT2D eigenvalue weighted by Crippen LogP contribution is -2.27. The van der Waals surface area contributed by atoms with Gasteiger partial charge in [0.15, 0.2) is 0 Å². The number of thioether (sulfide) groups is 1. The standard InChI is InChI=1S/C16H19NOS2/c1-12(2)10-17-16(18)14-7-3-4-8-15(14)20-11-13-6-5-9-19-13/h3-9,12H,10-11H2,1-2H3,(H,17,18). The number of hydrogen-bond acceptors (Lipinski definition) is 3. The van der Waals surface area contributed by atoms with Crippen molar-refractivity contribution in [2.75, 3.05) is 6.54 Å². The minimum Gasteiger partial charge on any atom is -0.352 e. The monoisotopic (exact) mass is 305 g/mol. The van der Waals surface area contributed by atoms with E-state index in [0.717, 1.165) is 16.2 Å². The van der Waals surface area contributed by atoms with Gasteiger partial charge in [0.1, 0.15) is 0 Å². The lowest BCUT2D eigenvalue weighted by molar-refractivity contribution is 0.0946. The molecule has 2 nitrogen and oxygen atoms in total. The van der Waals surface area contributed by atoms with Crippen molar-refractivity contribution in [3.05, 3.63) is 52.2 Å². The molecule has 2 aromatic rings. The number of amides is 1. The maximum atomic E-state index is 12.2. The Labute approximate surface area is 128 Å². The molecule has 2 rings (SSSR count). The highest BCUT2D eigenvalue weighted by Crippen LogP contribution is 2.27. The lowest BCUT2D eigenvalue weighted by Gasteiger charge is -2.11. The molecule has 1 N–H and O–H groups in total. The Morgan fingerprint density at radius 3 is 2.75 bits per heavy atom. The van der Waals surface area contributed by atoms with Crippen LogP contribution in [-0.2, 0) is 5.75 Å². The first-order valence-electron chi connectivity index (χ1n) is 6.69. The summed E-state index contributed by atoms with van der Waals surface area (Å²) in [5.74, 6) is 1.39. The lowest BCUT2D eigenvalue weighted by atomic mass is 10.2. The van der Waals surface area contributed by atoms with Gasteiger partial charge >= 0.3 is 0 Å². The van der Waals surface area contributed by atoms with Crippen LogP contribution in [0.25, 0.3) is 0 Å². The molecule has 0 spiro atoms. The molecule has 0 saturated carbocycles. The van der Waals surface area contributed by atoms with Gasteiger partial charge in [0.2, 0.25) is 0 Å². The van der Waals surface area contributed by atoms with Crippen LogP contribution in [0.2, 0.25) is 0 Å². The number of rotatable bonds is 6. The Kier molecular flexibility index (Phi) is 5.68. The number of hydrogen-bond donors (Lipinski definition) is 1. The molecule has 1 aromatic carbocycles. The van der Waals surface area contributed by atoms with Crippen molar-refractivity contribution in [3.8, 4) is 0 Å². The van der Waals surface area contributed by atoms with Crippen LogP contribution in [0.3, 0.4) is 0 Å². The number of benzene rings is 1. The molecule has 4 heteroatoms. The second kappa shape index (κ2) is 7.50. The van der Waals surface area contributed by atoms with E-state index in [4.69, 9.17) is 0 Å². The van der Waals surface area contributed by atoms with Crippen molar-refractivity contribution in [2.24, 2.45) is 5.92 Å². The van der Waals surface area contributed by atoms with Gasteiger partial charge in [-0.2, -0.15) is 0 Å². The molecule has 1 heterocycles. The van der Waals surface area contributed by atoms with E-state index in [1.807, 2.05) is 24.3 Å². The van der Waals surface area contributed by atoms with Gasteiger partial charge in [-0.25, -0.2) is 0 Å². The zero-order valence-electron chi connectivity index (χ0n) is 11.8. The first-order chi connectivity index (χ1) is 9.66. The van der Waals surface area contributed by atoms with E-state index in [-0.39, 0.29) is 5.91 Å². The molecule has 106 valence electrons. The van der Waals surface area contributed by atoms with E-state index in [9.17, 15) is 4.79 Å². The summed E-state index contributed by atoms with van der Waals surface area (Å²) in [5, 5.41) is 5.06. The summed E-state index contributed by atoms with van der Waals surface area (Å²) >= 11 is 3.47. The second-order valence-electron chi connectivity index (χ2n) is 4.97. The van der Waals surface area contributed by atoms with Crippen LogP contribution < -0.4 is 5.32 Å². The smallest absolute Gasteiger partial charge is 0.252 e. The molecular weight excluding hydrogens is 286 g/mol. The predicted octanol–water partition coefficient (Wildman–Crippen LogP) is 4.43.